The number of anilines is 1. The van der Waals surface area contributed by atoms with Gasteiger partial charge in [-0.2, -0.15) is 5.26 Å². The summed E-state index contributed by atoms with van der Waals surface area (Å²) >= 11 is 0. The summed E-state index contributed by atoms with van der Waals surface area (Å²) in [7, 11) is 0. The molecule has 0 saturated heterocycles. The van der Waals surface area contributed by atoms with Crippen LogP contribution in [0, 0.1) is 18.3 Å². The van der Waals surface area contributed by atoms with Gasteiger partial charge in [0.15, 0.2) is 0 Å². The number of aromatic nitrogens is 2. The topological polar surface area (TPSA) is 74.7 Å². The molecule has 0 amide bonds. The molecule has 0 unspecified atom stereocenters. The lowest BCUT2D eigenvalue weighted by Gasteiger charge is -2.16. The number of nitriles is 1. The highest BCUT2D eigenvalue weighted by Crippen LogP contribution is 2.21. The molecule has 92 valence electrons. The molecule has 0 atom stereocenters. The second kappa shape index (κ2) is 4.49. The molecule has 2 aromatic heterocycles. The number of nitrogens with one attached hydrogen (secondary N) is 1. The van der Waals surface area contributed by atoms with Gasteiger partial charge in [0.05, 0.1) is 11.6 Å². The normalized spacial score (nSPS) is 11.0. The van der Waals surface area contributed by atoms with Crippen molar-refractivity contribution in [2.75, 3.05) is 5.32 Å². The molecule has 0 spiro atoms. The maximum atomic E-state index is 8.91. The van der Waals surface area contributed by atoms with Gasteiger partial charge in [-0.3, -0.25) is 0 Å². The predicted molar refractivity (Wildman–Crippen MR) is 67.8 cm³/mol. The Morgan fingerprint density at radius 2 is 1.94 bits per heavy atom. The van der Waals surface area contributed by atoms with Gasteiger partial charge in [-0.15, -0.1) is 0 Å². The molecule has 0 bridgehead atoms. The van der Waals surface area contributed by atoms with Crippen molar-refractivity contribution in [1.29, 1.82) is 5.26 Å². The minimum Gasteiger partial charge on any atom is -0.461 e. The Bertz CT molecular complexity index is 578. The highest BCUT2D eigenvalue weighted by Gasteiger charge is 2.17. The second-order valence-electron chi connectivity index (χ2n) is 4.57. The number of hydrogen-bond acceptors (Lipinski definition) is 5. The summed E-state index contributed by atoms with van der Waals surface area (Å²) in [6.45, 7) is 5.41. The van der Waals surface area contributed by atoms with E-state index in [9.17, 15) is 0 Å². The van der Waals surface area contributed by atoms with Crippen LogP contribution in [0.25, 0.3) is 11.3 Å². The monoisotopic (exact) mass is 242 g/mol. The molecule has 5 heteroatoms. The van der Waals surface area contributed by atoms with Gasteiger partial charge in [-0.05, 0) is 32.9 Å². The summed E-state index contributed by atoms with van der Waals surface area (Å²) in [5.41, 5.74) is 0.117. The maximum absolute atomic E-state index is 8.91. The van der Waals surface area contributed by atoms with Crippen LogP contribution in [0.1, 0.15) is 19.6 Å². The average Bonchev–Trinajstić information content (AvgIpc) is 2.76. The van der Waals surface area contributed by atoms with Gasteiger partial charge in [0.25, 0.3) is 0 Å². The molecule has 2 heterocycles. The van der Waals surface area contributed by atoms with Gasteiger partial charge < -0.3 is 9.73 Å². The number of hydrogen-bond donors (Lipinski definition) is 1. The Morgan fingerprint density at radius 3 is 2.44 bits per heavy atom. The maximum Gasteiger partial charge on any atom is 0.223 e. The lowest BCUT2D eigenvalue weighted by Crippen LogP contribution is -2.29. The summed E-state index contributed by atoms with van der Waals surface area (Å²) in [6.07, 6.45) is 3.34. The van der Waals surface area contributed by atoms with E-state index in [2.05, 4.69) is 21.4 Å². The molecule has 18 heavy (non-hydrogen) atoms. The van der Waals surface area contributed by atoms with Crippen molar-refractivity contribution < 1.29 is 4.42 Å². The smallest absolute Gasteiger partial charge is 0.223 e. The molecule has 0 aliphatic heterocycles. The first-order chi connectivity index (χ1) is 8.50. The fraction of sp³-hybridized carbons (Fsp3) is 0.308. The Morgan fingerprint density at radius 1 is 1.28 bits per heavy atom. The largest absolute Gasteiger partial charge is 0.461 e. The Hall–Kier alpha value is -2.35. The zero-order valence-corrected chi connectivity index (χ0v) is 10.6. The van der Waals surface area contributed by atoms with Gasteiger partial charge in [0.2, 0.25) is 5.95 Å². The van der Waals surface area contributed by atoms with Crippen molar-refractivity contribution in [2.24, 2.45) is 0 Å². The summed E-state index contributed by atoms with van der Waals surface area (Å²) in [6, 6.07) is 5.89. The van der Waals surface area contributed by atoms with E-state index in [1.807, 2.05) is 19.1 Å². The Kier molecular flexibility index (Phi) is 3.02. The molecule has 2 rings (SSSR count). The Balaban J connectivity index is 2.18. The summed E-state index contributed by atoms with van der Waals surface area (Å²) < 4.78 is 5.48. The van der Waals surface area contributed by atoms with Crippen molar-refractivity contribution in [3.05, 3.63) is 30.3 Å². The van der Waals surface area contributed by atoms with Crippen LogP contribution in [0.3, 0.4) is 0 Å². The van der Waals surface area contributed by atoms with Crippen LogP contribution in [-0.4, -0.2) is 15.5 Å². The van der Waals surface area contributed by atoms with Crippen LogP contribution >= 0.6 is 0 Å². The van der Waals surface area contributed by atoms with Crippen molar-refractivity contribution in [3.63, 3.8) is 0 Å². The molecule has 0 aliphatic carbocycles. The third-order valence-corrected chi connectivity index (χ3v) is 2.38. The van der Waals surface area contributed by atoms with Gasteiger partial charge >= 0.3 is 0 Å². The van der Waals surface area contributed by atoms with Crippen LogP contribution < -0.4 is 5.32 Å². The quantitative estimate of drug-likeness (QED) is 0.895. The number of rotatable bonds is 3. The lowest BCUT2D eigenvalue weighted by atomic mass is 10.1. The number of furan rings is 1. The highest BCUT2D eigenvalue weighted by atomic mass is 16.3. The number of nitrogens with zero attached hydrogens (tertiary/aromatic N) is 3. The summed E-state index contributed by atoms with van der Waals surface area (Å²) in [5.74, 6) is 2.00. The van der Waals surface area contributed by atoms with E-state index < -0.39 is 5.54 Å². The van der Waals surface area contributed by atoms with Gasteiger partial charge in [-0.1, -0.05) is 0 Å². The van der Waals surface area contributed by atoms with E-state index >= 15 is 0 Å². The van der Waals surface area contributed by atoms with Crippen molar-refractivity contribution in [3.8, 4) is 17.4 Å². The first-order valence-electron chi connectivity index (χ1n) is 5.58. The molecular formula is C13H14N4O. The molecule has 5 nitrogen and oxygen atoms in total. The third-order valence-electron chi connectivity index (χ3n) is 2.38. The van der Waals surface area contributed by atoms with Crippen molar-refractivity contribution >= 4 is 5.95 Å². The zero-order valence-electron chi connectivity index (χ0n) is 10.6. The van der Waals surface area contributed by atoms with Crippen LogP contribution in [0.5, 0.6) is 0 Å². The molecule has 0 aliphatic rings. The highest BCUT2D eigenvalue weighted by molar-refractivity contribution is 5.55. The summed E-state index contributed by atoms with van der Waals surface area (Å²) in [4.78, 5) is 8.33. The zero-order chi connectivity index (χ0) is 13.2. The molecule has 2 aromatic rings. The van der Waals surface area contributed by atoms with Gasteiger partial charge in [0, 0.05) is 12.4 Å². The fourth-order valence-corrected chi connectivity index (χ4v) is 1.42. The fourth-order valence-electron chi connectivity index (χ4n) is 1.42. The lowest BCUT2D eigenvalue weighted by molar-refractivity contribution is 0.548. The van der Waals surface area contributed by atoms with Crippen LogP contribution in [0.15, 0.2) is 28.9 Å². The molecule has 0 saturated carbocycles. The second-order valence-corrected chi connectivity index (χ2v) is 4.57. The first-order valence-corrected chi connectivity index (χ1v) is 5.58. The Labute approximate surface area is 105 Å². The minimum atomic E-state index is -0.692. The van der Waals surface area contributed by atoms with E-state index in [-0.39, 0.29) is 0 Å². The van der Waals surface area contributed by atoms with E-state index in [4.69, 9.17) is 9.68 Å². The van der Waals surface area contributed by atoms with E-state index in [0.717, 1.165) is 17.1 Å². The average molecular weight is 242 g/mol. The van der Waals surface area contributed by atoms with Crippen molar-refractivity contribution in [2.45, 2.75) is 26.3 Å². The standard InChI is InChI=1S/C13H14N4O/c1-9-4-5-11(18-9)10-6-15-12(16-7-10)17-13(2,3)8-14/h4-7H,1-3H3,(H,15,16,17). The van der Waals surface area contributed by atoms with E-state index in [1.165, 1.54) is 0 Å². The molecule has 0 aromatic carbocycles. The molecule has 0 radical (unpaired) electrons. The number of aryl methyl sites for hydroxylation is 1. The van der Waals surface area contributed by atoms with Crippen LogP contribution in [0.2, 0.25) is 0 Å². The third kappa shape index (κ3) is 2.66. The predicted octanol–water partition coefficient (Wildman–Crippen LogP) is 2.76. The van der Waals surface area contributed by atoms with Gasteiger partial charge in [0.1, 0.15) is 17.1 Å². The molecule has 1 N–H and O–H groups in total. The van der Waals surface area contributed by atoms with E-state index in [1.54, 1.807) is 26.2 Å². The van der Waals surface area contributed by atoms with Gasteiger partial charge in [-0.25, -0.2) is 9.97 Å². The van der Waals surface area contributed by atoms with E-state index in [0.29, 0.717) is 5.95 Å². The van der Waals surface area contributed by atoms with Crippen LogP contribution in [-0.2, 0) is 0 Å². The molecular weight excluding hydrogens is 228 g/mol. The SMILES string of the molecule is Cc1ccc(-c2cnc(NC(C)(C)C#N)nc2)o1. The minimum absolute atomic E-state index is 0.425. The van der Waals surface area contributed by atoms with Crippen molar-refractivity contribution in [1.82, 2.24) is 9.97 Å². The molecule has 0 fully saturated rings. The first kappa shape index (κ1) is 12.1. The summed E-state index contributed by atoms with van der Waals surface area (Å²) in [5, 5.41) is 11.8. The van der Waals surface area contributed by atoms with Crippen LogP contribution in [0.4, 0.5) is 5.95 Å².